The molecule has 2 rings (SSSR count). The number of ether oxygens (including phenoxy) is 1. The Morgan fingerprint density at radius 2 is 2.00 bits per heavy atom. The predicted octanol–water partition coefficient (Wildman–Crippen LogP) is 2.50. The lowest BCUT2D eigenvalue weighted by Gasteiger charge is -2.26. The Morgan fingerprint density at radius 3 is 2.53 bits per heavy atom. The van der Waals surface area contributed by atoms with Gasteiger partial charge in [0.05, 0.1) is 5.92 Å². The van der Waals surface area contributed by atoms with E-state index in [4.69, 9.17) is 9.84 Å². The van der Waals surface area contributed by atoms with Gasteiger partial charge in [-0.05, 0) is 51.9 Å². The lowest BCUT2D eigenvalue weighted by molar-refractivity contribution is -0.141. The number of amides is 1. The molecule has 0 aromatic rings. The number of aliphatic carboxylic acids is 1. The van der Waals surface area contributed by atoms with Crippen LogP contribution in [0.3, 0.4) is 0 Å². The number of hydrogen-bond acceptors (Lipinski definition) is 3. The molecule has 1 saturated heterocycles. The highest BCUT2D eigenvalue weighted by atomic mass is 16.6. The minimum atomic E-state index is -0.701. The molecule has 2 fully saturated rings. The number of likely N-dealkylation sites (tertiary alicyclic amines) is 1. The van der Waals surface area contributed by atoms with Crippen LogP contribution in [0.4, 0.5) is 4.79 Å². The highest BCUT2D eigenvalue weighted by molar-refractivity contribution is 5.71. The molecule has 0 radical (unpaired) electrons. The molecule has 1 saturated carbocycles. The van der Waals surface area contributed by atoms with Gasteiger partial charge in [-0.3, -0.25) is 4.79 Å². The molecule has 0 aromatic heterocycles. The summed E-state index contributed by atoms with van der Waals surface area (Å²) in [5.41, 5.74) is -0.466. The summed E-state index contributed by atoms with van der Waals surface area (Å²) >= 11 is 0. The molecule has 19 heavy (non-hydrogen) atoms. The van der Waals surface area contributed by atoms with Crippen LogP contribution in [0.2, 0.25) is 0 Å². The smallest absolute Gasteiger partial charge is 0.410 e. The van der Waals surface area contributed by atoms with E-state index in [0.29, 0.717) is 19.5 Å². The second-order valence-corrected chi connectivity index (χ2v) is 6.93. The summed E-state index contributed by atoms with van der Waals surface area (Å²) in [4.78, 5) is 24.8. The standard InChI is InChI=1S/C14H23NO4/c1-13(2,3)19-12(18)15-7-6-14(9-15)5-4-10(8-14)11(16)17/h10H,4-9H2,1-3H3,(H,16,17)/t10-,14-/m1/s1. The Balaban J connectivity index is 1.93. The van der Waals surface area contributed by atoms with Gasteiger partial charge in [0.2, 0.25) is 0 Å². The summed E-state index contributed by atoms with van der Waals surface area (Å²) in [5.74, 6) is -0.939. The molecule has 1 spiro atoms. The van der Waals surface area contributed by atoms with Gasteiger partial charge in [0.25, 0.3) is 0 Å². The number of hydrogen-bond donors (Lipinski definition) is 1. The van der Waals surface area contributed by atoms with Crippen molar-refractivity contribution in [2.45, 2.75) is 52.1 Å². The first-order valence-corrected chi connectivity index (χ1v) is 6.92. The van der Waals surface area contributed by atoms with Gasteiger partial charge >= 0.3 is 12.1 Å². The Hall–Kier alpha value is -1.26. The Bertz CT molecular complexity index is 387. The number of carbonyl (C=O) groups excluding carboxylic acids is 1. The third-order valence-corrected chi connectivity index (χ3v) is 4.14. The fourth-order valence-electron chi connectivity index (χ4n) is 3.21. The van der Waals surface area contributed by atoms with Gasteiger partial charge < -0.3 is 14.7 Å². The zero-order valence-corrected chi connectivity index (χ0v) is 11.9. The monoisotopic (exact) mass is 269 g/mol. The number of carbonyl (C=O) groups is 2. The van der Waals surface area contributed by atoms with Crippen molar-refractivity contribution in [3.63, 3.8) is 0 Å². The topological polar surface area (TPSA) is 66.8 Å². The van der Waals surface area contributed by atoms with Gasteiger partial charge in [0.1, 0.15) is 5.60 Å². The van der Waals surface area contributed by atoms with Crippen molar-refractivity contribution in [2.75, 3.05) is 13.1 Å². The van der Waals surface area contributed by atoms with Gasteiger partial charge in [0, 0.05) is 13.1 Å². The van der Waals surface area contributed by atoms with Crippen molar-refractivity contribution in [2.24, 2.45) is 11.3 Å². The SMILES string of the molecule is CC(C)(C)OC(=O)N1CC[C@@]2(CC[C@@H](C(=O)O)C2)C1. The van der Waals surface area contributed by atoms with Crippen LogP contribution in [0.1, 0.15) is 46.5 Å². The van der Waals surface area contributed by atoms with Crippen LogP contribution < -0.4 is 0 Å². The first-order valence-electron chi connectivity index (χ1n) is 6.92. The normalized spacial score (nSPS) is 30.9. The van der Waals surface area contributed by atoms with Gasteiger partial charge in [0.15, 0.2) is 0 Å². The summed E-state index contributed by atoms with van der Waals surface area (Å²) in [6.45, 7) is 6.89. The van der Waals surface area contributed by atoms with Crippen molar-refractivity contribution in [1.29, 1.82) is 0 Å². The van der Waals surface area contributed by atoms with Crippen molar-refractivity contribution in [3.05, 3.63) is 0 Å². The number of carboxylic acid groups (broad SMARTS) is 1. The molecule has 1 aliphatic carbocycles. The summed E-state index contributed by atoms with van der Waals surface area (Å²) in [6, 6.07) is 0. The molecule has 1 N–H and O–H groups in total. The van der Waals surface area contributed by atoms with Crippen LogP contribution >= 0.6 is 0 Å². The Labute approximate surface area is 113 Å². The van der Waals surface area contributed by atoms with E-state index in [1.54, 1.807) is 4.90 Å². The lowest BCUT2D eigenvalue weighted by atomic mass is 9.84. The van der Waals surface area contributed by atoms with Crippen LogP contribution in [0.5, 0.6) is 0 Å². The van der Waals surface area contributed by atoms with E-state index in [0.717, 1.165) is 19.3 Å². The molecule has 2 atom stereocenters. The van der Waals surface area contributed by atoms with Crippen molar-refractivity contribution in [1.82, 2.24) is 4.90 Å². The molecule has 0 aromatic carbocycles. The van der Waals surface area contributed by atoms with Gasteiger partial charge in [-0.2, -0.15) is 0 Å². The van der Waals surface area contributed by atoms with Crippen molar-refractivity contribution in [3.8, 4) is 0 Å². The molecular formula is C14H23NO4. The Morgan fingerprint density at radius 1 is 1.32 bits per heavy atom. The fraction of sp³-hybridized carbons (Fsp3) is 0.857. The first kappa shape index (κ1) is 14.2. The second kappa shape index (κ2) is 4.69. The van der Waals surface area contributed by atoms with Crippen molar-refractivity contribution < 1.29 is 19.4 Å². The number of rotatable bonds is 1. The van der Waals surface area contributed by atoms with Gasteiger partial charge in [-0.25, -0.2) is 4.79 Å². The van der Waals surface area contributed by atoms with Crippen LogP contribution in [-0.2, 0) is 9.53 Å². The zero-order valence-electron chi connectivity index (χ0n) is 11.9. The largest absolute Gasteiger partial charge is 0.481 e. The lowest BCUT2D eigenvalue weighted by Crippen LogP contribution is -2.36. The molecule has 1 heterocycles. The minimum absolute atomic E-state index is 0.0139. The molecule has 5 heteroatoms. The molecule has 0 bridgehead atoms. The minimum Gasteiger partial charge on any atom is -0.481 e. The molecule has 2 aliphatic rings. The first-order chi connectivity index (χ1) is 8.71. The molecular weight excluding hydrogens is 246 g/mol. The van der Waals surface area contributed by atoms with E-state index in [2.05, 4.69) is 0 Å². The summed E-state index contributed by atoms with van der Waals surface area (Å²) in [7, 11) is 0. The van der Waals surface area contributed by atoms with Gasteiger partial charge in [-0.15, -0.1) is 0 Å². The molecule has 0 unspecified atom stereocenters. The van der Waals surface area contributed by atoms with Crippen LogP contribution in [0.15, 0.2) is 0 Å². The average Bonchev–Trinajstić information content (AvgIpc) is 2.85. The third kappa shape index (κ3) is 3.19. The molecule has 1 aliphatic heterocycles. The van der Waals surface area contributed by atoms with E-state index in [1.807, 2.05) is 20.8 Å². The van der Waals surface area contributed by atoms with E-state index < -0.39 is 11.6 Å². The zero-order chi connectivity index (χ0) is 14.3. The van der Waals surface area contributed by atoms with E-state index >= 15 is 0 Å². The highest BCUT2D eigenvalue weighted by Crippen LogP contribution is 2.48. The maximum Gasteiger partial charge on any atom is 0.410 e. The maximum atomic E-state index is 12.0. The van der Waals surface area contributed by atoms with Crippen LogP contribution in [-0.4, -0.2) is 40.8 Å². The average molecular weight is 269 g/mol. The van der Waals surface area contributed by atoms with Crippen LogP contribution in [0.25, 0.3) is 0 Å². The maximum absolute atomic E-state index is 12.0. The predicted molar refractivity (Wildman–Crippen MR) is 69.8 cm³/mol. The molecule has 108 valence electrons. The number of nitrogens with zero attached hydrogens (tertiary/aromatic N) is 1. The second-order valence-electron chi connectivity index (χ2n) is 6.93. The summed E-state index contributed by atoms with van der Waals surface area (Å²) < 4.78 is 5.37. The summed E-state index contributed by atoms with van der Waals surface area (Å²) in [5, 5.41) is 9.08. The van der Waals surface area contributed by atoms with E-state index in [9.17, 15) is 9.59 Å². The summed E-state index contributed by atoms with van der Waals surface area (Å²) in [6.07, 6.45) is 2.96. The Kier molecular flexibility index (Phi) is 3.49. The third-order valence-electron chi connectivity index (χ3n) is 4.14. The van der Waals surface area contributed by atoms with Crippen LogP contribution in [0, 0.1) is 11.3 Å². The molecule has 1 amide bonds. The van der Waals surface area contributed by atoms with E-state index in [1.165, 1.54) is 0 Å². The quantitative estimate of drug-likeness (QED) is 0.794. The van der Waals surface area contributed by atoms with Gasteiger partial charge in [-0.1, -0.05) is 0 Å². The highest BCUT2D eigenvalue weighted by Gasteiger charge is 2.47. The van der Waals surface area contributed by atoms with Crippen molar-refractivity contribution >= 4 is 12.1 Å². The number of carboxylic acids is 1. The molecule has 5 nitrogen and oxygen atoms in total. The van der Waals surface area contributed by atoms with E-state index in [-0.39, 0.29) is 17.4 Å². The fourth-order valence-corrected chi connectivity index (χ4v) is 3.21.